The van der Waals surface area contributed by atoms with Crippen LogP contribution in [0, 0.1) is 22.7 Å². The molecule has 0 saturated heterocycles. The van der Waals surface area contributed by atoms with E-state index in [9.17, 15) is 15.3 Å². The van der Waals surface area contributed by atoms with E-state index in [2.05, 4.69) is 33.4 Å². The van der Waals surface area contributed by atoms with E-state index in [-0.39, 0.29) is 22.7 Å². The number of fused-ring (bicyclic) bond motifs is 1. The molecule has 3 heteroatoms. The Morgan fingerprint density at radius 3 is 2.35 bits per heavy atom. The summed E-state index contributed by atoms with van der Waals surface area (Å²) in [5.41, 5.74) is -0.450. The SMILES string of the molecule is C=C/C(C)=C/C[C@H]1[C@](C)(O)[C@@H](O)[C@@H](O)[C@H]2C(C)(C)CCC[C@@]21C. The molecule has 0 aromatic carbocycles. The van der Waals surface area contributed by atoms with Crippen LogP contribution >= 0.6 is 0 Å². The fourth-order valence-electron chi connectivity index (χ4n) is 5.67. The summed E-state index contributed by atoms with van der Waals surface area (Å²) in [5, 5.41) is 32.5. The van der Waals surface area contributed by atoms with Gasteiger partial charge in [0.25, 0.3) is 0 Å². The molecule has 0 unspecified atom stereocenters. The predicted molar refractivity (Wildman–Crippen MR) is 93.9 cm³/mol. The van der Waals surface area contributed by atoms with Crippen molar-refractivity contribution in [1.82, 2.24) is 0 Å². The van der Waals surface area contributed by atoms with E-state index in [1.807, 2.05) is 13.0 Å². The fraction of sp³-hybridized carbons (Fsp3) is 0.800. The van der Waals surface area contributed by atoms with Gasteiger partial charge in [0, 0.05) is 0 Å². The molecule has 0 aromatic heterocycles. The quantitative estimate of drug-likeness (QED) is 0.698. The summed E-state index contributed by atoms with van der Waals surface area (Å²) in [4.78, 5) is 0. The van der Waals surface area contributed by atoms with Crippen LogP contribution in [0.25, 0.3) is 0 Å². The minimum Gasteiger partial charge on any atom is -0.390 e. The third-order valence-electron chi connectivity index (χ3n) is 6.85. The number of allylic oxidation sites excluding steroid dienone is 3. The van der Waals surface area contributed by atoms with Gasteiger partial charge in [-0.15, -0.1) is 0 Å². The lowest BCUT2D eigenvalue weighted by molar-refractivity contribution is -0.265. The maximum atomic E-state index is 11.1. The molecular formula is C20H34O3. The Kier molecular flexibility index (Phi) is 4.89. The van der Waals surface area contributed by atoms with Crippen LogP contribution in [0.1, 0.15) is 60.3 Å². The first-order valence-electron chi connectivity index (χ1n) is 8.86. The van der Waals surface area contributed by atoms with Gasteiger partial charge in [0.1, 0.15) is 6.10 Å². The van der Waals surface area contributed by atoms with Crippen molar-refractivity contribution in [1.29, 1.82) is 0 Å². The molecule has 0 amide bonds. The highest BCUT2D eigenvalue weighted by molar-refractivity contribution is 5.18. The van der Waals surface area contributed by atoms with E-state index < -0.39 is 17.8 Å². The first-order valence-corrected chi connectivity index (χ1v) is 8.86. The number of aliphatic hydroxyl groups excluding tert-OH is 2. The predicted octanol–water partition coefficient (Wildman–Crippen LogP) is 3.44. The third kappa shape index (κ3) is 2.92. The van der Waals surface area contributed by atoms with E-state index >= 15 is 0 Å². The van der Waals surface area contributed by atoms with Gasteiger partial charge in [-0.3, -0.25) is 0 Å². The van der Waals surface area contributed by atoms with Gasteiger partial charge in [-0.1, -0.05) is 51.5 Å². The first-order chi connectivity index (χ1) is 10.5. The minimum absolute atomic E-state index is 0.0126. The highest BCUT2D eigenvalue weighted by Crippen LogP contribution is 2.62. The largest absolute Gasteiger partial charge is 0.390 e. The fourth-order valence-corrected chi connectivity index (χ4v) is 5.67. The monoisotopic (exact) mass is 322 g/mol. The summed E-state index contributed by atoms with van der Waals surface area (Å²) in [6, 6.07) is 0. The van der Waals surface area contributed by atoms with Crippen LogP contribution in [0.5, 0.6) is 0 Å². The van der Waals surface area contributed by atoms with Crippen LogP contribution in [-0.2, 0) is 0 Å². The Morgan fingerprint density at radius 1 is 1.17 bits per heavy atom. The van der Waals surface area contributed by atoms with Crippen LogP contribution in [0.15, 0.2) is 24.3 Å². The Labute approximate surface area is 141 Å². The molecule has 6 atom stereocenters. The molecular weight excluding hydrogens is 288 g/mol. The van der Waals surface area contributed by atoms with Gasteiger partial charge in [-0.2, -0.15) is 0 Å². The lowest BCUT2D eigenvalue weighted by Crippen LogP contribution is -2.69. The molecule has 0 bridgehead atoms. The second-order valence-corrected chi connectivity index (χ2v) is 8.93. The van der Waals surface area contributed by atoms with Crippen molar-refractivity contribution in [3.63, 3.8) is 0 Å². The van der Waals surface area contributed by atoms with Gasteiger partial charge < -0.3 is 15.3 Å². The minimum atomic E-state index is -1.30. The molecule has 3 nitrogen and oxygen atoms in total. The Hall–Kier alpha value is -0.640. The zero-order chi connectivity index (χ0) is 17.6. The van der Waals surface area contributed by atoms with Crippen molar-refractivity contribution < 1.29 is 15.3 Å². The molecule has 0 aliphatic heterocycles. The highest BCUT2D eigenvalue weighted by Gasteiger charge is 2.64. The second-order valence-electron chi connectivity index (χ2n) is 8.93. The van der Waals surface area contributed by atoms with Crippen molar-refractivity contribution in [2.75, 3.05) is 0 Å². The van der Waals surface area contributed by atoms with Crippen LogP contribution < -0.4 is 0 Å². The number of hydrogen-bond donors (Lipinski definition) is 3. The van der Waals surface area contributed by atoms with Gasteiger partial charge in [0.2, 0.25) is 0 Å². The van der Waals surface area contributed by atoms with E-state index in [4.69, 9.17) is 0 Å². The van der Waals surface area contributed by atoms with Gasteiger partial charge >= 0.3 is 0 Å². The molecule has 2 aliphatic rings. The van der Waals surface area contributed by atoms with Crippen molar-refractivity contribution in [2.45, 2.75) is 78.1 Å². The number of hydrogen-bond acceptors (Lipinski definition) is 3. The Morgan fingerprint density at radius 2 is 1.78 bits per heavy atom. The van der Waals surface area contributed by atoms with Gasteiger partial charge in [-0.05, 0) is 55.8 Å². The standard InChI is InChI=1S/C20H34O3/c1-7-13(2)9-10-14-19(5)12-8-11-18(3,4)16(19)15(21)17(22)20(14,6)23/h7,9,14-17,21-23H,1,8,10-12H2,2-6H3/b13-9+/t14-,15+,16+,17+,19-,20+/m1/s1. The lowest BCUT2D eigenvalue weighted by atomic mass is 9.43. The summed E-state index contributed by atoms with van der Waals surface area (Å²) in [6.07, 6.45) is 5.73. The molecule has 2 saturated carbocycles. The maximum absolute atomic E-state index is 11.1. The first kappa shape index (κ1) is 18.7. The summed E-state index contributed by atoms with van der Waals surface area (Å²) in [7, 11) is 0. The number of aliphatic hydroxyl groups is 3. The van der Waals surface area contributed by atoms with Crippen LogP contribution in [0.4, 0.5) is 0 Å². The van der Waals surface area contributed by atoms with Gasteiger partial charge in [0.05, 0.1) is 11.7 Å². The number of rotatable bonds is 3. The average molecular weight is 322 g/mol. The molecule has 2 aliphatic carbocycles. The smallest absolute Gasteiger partial charge is 0.109 e. The van der Waals surface area contributed by atoms with E-state index in [0.717, 1.165) is 24.8 Å². The molecule has 0 aromatic rings. The van der Waals surface area contributed by atoms with Gasteiger partial charge in [-0.25, -0.2) is 0 Å². The van der Waals surface area contributed by atoms with Gasteiger partial charge in [0.15, 0.2) is 0 Å². The van der Waals surface area contributed by atoms with Crippen LogP contribution in [0.2, 0.25) is 0 Å². The summed E-state index contributed by atoms with van der Waals surface area (Å²) >= 11 is 0. The molecule has 2 rings (SSSR count). The maximum Gasteiger partial charge on any atom is 0.109 e. The highest BCUT2D eigenvalue weighted by atomic mass is 16.4. The third-order valence-corrected chi connectivity index (χ3v) is 6.85. The Bertz CT molecular complexity index is 491. The Balaban J connectivity index is 2.49. The second kappa shape index (κ2) is 6.02. The summed E-state index contributed by atoms with van der Waals surface area (Å²) < 4.78 is 0. The zero-order valence-electron chi connectivity index (χ0n) is 15.3. The topological polar surface area (TPSA) is 60.7 Å². The van der Waals surface area contributed by atoms with E-state index in [1.165, 1.54) is 0 Å². The van der Waals surface area contributed by atoms with Crippen molar-refractivity contribution in [2.24, 2.45) is 22.7 Å². The molecule has 23 heavy (non-hydrogen) atoms. The molecule has 132 valence electrons. The molecule has 0 spiro atoms. The normalized spacial score (nSPS) is 47.0. The van der Waals surface area contributed by atoms with E-state index in [0.29, 0.717) is 6.42 Å². The molecule has 2 fully saturated rings. The summed E-state index contributed by atoms with van der Waals surface area (Å²) in [5.74, 6) is -0.103. The zero-order valence-corrected chi connectivity index (χ0v) is 15.3. The summed E-state index contributed by atoms with van der Waals surface area (Å²) in [6.45, 7) is 14.0. The van der Waals surface area contributed by atoms with Crippen molar-refractivity contribution in [3.05, 3.63) is 24.3 Å². The molecule has 0 radical (unpaired) electrons. The molecule has 0 heterocycles. The lowest BCUT2D eigenvalue weighted by Gasteiger charge is -2.64. The van der Waals surface area contributed by atoms with E-state index in [1.54, 1.807) is 6.92 Å². The molecule has 3 N–H and O–H groups in total. The average Bonchev–Trinajstić information content (AvgIpc) is 2.43. The van der Waals surface area contributed by atoms with Crippen LogP contribution in [-0.4, -0.2) is 33.1 Å². The van der Waals surface area contributed by atoms with Crippen LogP contribution in [0.3, 0.4) is 0 Å². The van der Waals surface area contributed by atoms with Crippen molar-refractivity contribution >= 4 is 0 Å². The van der Waals surface area contributed by atoms with Crippen molar-refractivity contribution in [3.8, 4) is 0 Å².